The molecular weight excluding hydrogens is 228 g/mol. The van der Waals surface area contributed by atoms with Gasteiger partial charge in [-0.05, 0) is 13.8 Å². The van der Waals surface area contributed by atoms with Gasteiger partial charge in [-0.1, -0.05) is 0 Å². The fourth-order valence-corrected chi connectivity index (χ4v) is 1.45. The molecule has 0 saturated heterocycles. The Hall–Kier alpha value is -1.59. The van der Waals surface area contributed by atoms with Crippen LogP contribution in [0.3, 0.4) is 0 Å². The molecule has 0 aliphatic carbocycles. The van der Waals surface area contributed by atoms with Gasteiger partial charge < -0.3 is 14.2 Å². The van der Waals surface area contributed by atoms with Crippen molar-refractivity contribution in [1.82, 2.24) is 0 Å². The second kappa shape index (κ2) is 6.22. The summed E-state index contributed by atoms with van der Waals surface area (Å²) in [5.41, 5.74) is -1.13. The average Bonchev–Trinajstić information content (AvgIpc) is 2.22. The summed E-state index contributed by atoms with van der Waals surface area (Å²) in [5.74, 6) is -2.63. The Balaban J connectivity index is 4.95. The molecule has 6 nitrogen and oxygen atoms in total. The van der Waals surface area contributed by atoms with Gasteiger partial charge in [0, 0.05) is 6.92 Å². The third kappa shape index (κ3) is 4.84. The van der Waals surface area contributed by atoms with Gasteiger partial charge in [0.2, 0.25) is 0 Å². The van der Waals surface area contributed by atoms with Crippen molar-refractivity contribution in [1.29, 1.82) is 0 Å². The molecule has 0 radical (unpaired) electrons. The smallest absolute Gasteiger partial charge is 0.313 e. The van der Waals surface area contributed by atoms with E-state index >= 15 is 0 Å². The van der Waals surface area contributed by atoms with Crippen molar-refractivity contribution < 1.29 is 28.6 Å². The number of carbonyl (C=O) groups is 3. The van der Waals surface area contributed by atoms with E-state index in [-0.39, 0.29) is 6.42 Å². The number of esters is 3. The molecule has 17 heavy (non-hydrogen) atoms. The van der Waals surface area contributed by atoms with E-state index in [1.165, 1.54) is 21.1 Å². The van der Waals surface area contributed by atoms with Gasteiger partial charge in [-0.15, -0.1) is 0 Å². The molecule has 0 heterocycles. The third-order valence-corrected chi connectivity index (χ3v) is 2.33. The molecule has 1 atom stereocenters. The first-order valence-corrected chi connectivity index (χ1v) is 5.08. The summed E-state index contributed by atoms with van der Waals surface area (Å²) in [5, 5.41) is 0. The van der Waals surface area contributed by atoms with Crippen molar-refractivity contribution in [2.75, 3.05) is 14.2 Å². The number of hydrogen-bond donors (Lipinski definition) is 0. The Morgan fingerprint density at radius 3 is 2.00 bits per heavy atom. The van der Waals surface area contributed by atoms with Crippen molar-refractivity contribution in [3.05, 3.63) is 0 Å². The Labute approximate surface area is 100 Å². The van der Waals surface area contributed by atoms with Crippen molar-refractivity contribution in [2.45, 2.75) is 32.8 Å². The topological polar surface area (TPSA) is 78.9 Å². The van der Waals surface area contributed by atoms with Crippen LogP contribution in [-0.4, -0.2) is 37.7 Å². The van der Waals surface area contributed by atoms with Gasteiger partial charge in [-0.25, -0.2) is 0 Å². The molecule has 0 bridgehead atoms. The first-order valence-electron chi connectivity index (χ1n) is 5.08. The zero-order valence-corrected chi connectivity index (χ0v) is 10.7. The van der Waals surface area contributed by atoms with Crippen LogP contribution in [0.2, 0.25) is 0 Å². The van der Waals surface area contributed by atoms with E-state index in [4.69, 9.17) is 4.74 Å². The highest BCUT2D eigenvalue weighted by molar-refractivity contribution is 5.81. The number of ether oxygens (including phenoxy) is 3. The van der Waals surface area contributed by atoms with Crippen molar-refractivity contribution >= 4 is 17.9 Å². The summed E-state index contributed by atoms with van der Waals surface area (Å²) in [6.07, 6.45) is -0.205. The van der Waals surface area contributed by atoms with Gasteiger partial charge in [0.15, 0.2) is 0 Å². The van der Waals surface area contributed by atoms with Gasteiger partial charge in [0.25, 0.3) is 0 Å². The van der Waals surface area contributed by atoms with E-state index in [9.17, 15) is 14.4 Å². The molecule has 6 heteroatoms. The molecule has 0 saturated carbocycles. The molecule has 0 spiro atoms. The van der Waals surface area contributed by atoms with Crippen molar-refractivity contribution in [3.63, 3.8) is 0 Å². The molecular formula is C11H18O6. The summed E-state index contributed by atoms with van der Waals surface area (Å²) in [4.78, 5) is 33.7. The number of carbonyl (C=O) groups excluding carboxylic acids is 3. The van der Waals surface area contributed by atoms with Crippen LogP contribution < -0.4 is 0 Å². The van der Waals surface area contributed by atoms with Crippen LogP contribution in [-0.2, 0) is 28.6 Å². The van der Waals surface area contributed by atoms with Gasteiger partial charge in [-0.2, -0.15) is 0 Å². The maximum atomic E-state index is 11.6. The van der Waals surface area contributed by atoms with Crippen LogP contribution in [0.25, 0.3) is 0 Å². The molecule has 0 fully saturated rings. The number of methoxy groups -OCH3 is 2. The van der Waals surface area contributed by atoms with E-state index in [1.54, 1.807) is 13.8 Å². The zero-order chi connectivity index (χ0) is 13.6. The first-order chi connectivity index (χ1) is 7.74. The number of rotatable bonds is 5. The zero-order valence-electron chi connectivity index (χ0n) is 10.7. The fraction of sp³-hybridized carbons (Fsp3) is 0.727. The molecule has 0 aromatic rings. The Bertz CT molecular complexity index is 307. The second-order valence-corrected chi connectivity index (χ2v) is 4.05. The lowest BCUT2D eigenvalue weighted by Gasteiger charge is -2.31. The van der Waals surface area contributed by atoms with Crippen LogP contribution >= 0.6 is 0 Å². The third-order valence-electron chi connectivity index (χ3n) is 2.33. The highest BCUT2D eigenvalue weighted by Crippen LogP contribution is 2.26. The lowest BCUT2D eigenvalue weighted by Crippen LogP contribution is -2.42. The Morgan fingerprint density at radius 2 is 1.65 bits per heavy atom. The largest absolute Gasteiger partial charge is 0.469 e. The predicted molar refractivity (Wildman–Crippen MR) is 58.0 cm³/mol. The van der Waals surface area contributed by atoms with Crippen LogP contribution in [0, 0.1) is 5.92 Å². The molecule has 0 rings (SSSR count). The van der Waals surface area contributed by atoms with Gasteiger partial charge in [0.1, 0.15) is 11.5 Å². The minimum atomic E-state index is -1.13. The molecule has 0 aliphatic rings. The highest BCUT2D eigenvalue weighted by Gasteiger charge is 2.40. The second-order valence-electron chi connectivity index (χ2n) is 4.05. The molecule has 98 valence electrons. The minimum Gasteiger partial charge on any atom is -0.469 e. The monoisotopic (exact) mass is 246 g/mol. The summed E-state index contributed by atoms with van der Waals surface area (Å²) >= 11 is 0. The summed E-state index contributed by atoms with van der Waals surface area (Å²) in [6, 6.07) is 0. The first kappa shape index (κ1) is 15.4. The van der Waals surface area contributed by atoms with Gasteiger partial charge >= 0.3 is 17.9 Å². The quantitative estimate of drug-likeness (QED) is 0.524. The SMILES string of the molecule is COC(=O)CC(C(=O)OC)C(C)(C)OC(C)=O. The van der Waals surface area contributed by atoms with Gasteiger partial charge in [0.05, 0.1) is 20.6 Å². The molecule has 0 amide bonds. The molecule has 0 aromatic carbocycles. The van der Waals surface area contributed by atoms with Crippen LogP contribution in [0.1, 0.15) is 27.2 Å². The lowest BCUT2D eigenvalue weighted by atomic mass is 9.88. The standard InChI is InChI=1S/C11H18O6/c1-7(12)17-11(2,3)8(10(14)16-5)6-9(13)15-4/h8H,6H2,1-5H3. The molecule has 0 aromatic heterocycles. The van der Waals surface area contributed by atoms with Crippen LogP contribution in [0.4, 0.5) is 0 Å². The fourth-order valence-electron chi connectivity index (χ4n) is 1.45. The maximum absolute atomic E-state index is 11.6. The highest BCUT2D eigenvalue weighted by atomic mass is 16.6. The van der Waals surface area contributed by atoms with Crippen LogP contribution in [0.15, 0.2) is 0 Å². The molecule has 1 unspecified atom stereocenters. The predicted octanol–water partition coefficient (Wildman–Crippen LogP) is 0.680. The minimum absolute atomic E-state index is 0.205. The van der Waals surface area contributed by atoms with E-state index < -0.39 is 29.4 Å². The van der Waals surface area contributed by atoms with Gasteiger partial charge in [-0.3, -0.25) is 14.4 Å². The normalized spacial score (nSPS) is 12.5. The van der Waals surface area contributed by atoms with E-state index in [0.29, 0.717) is 0 Å². The van der Waals surface area contributed by atoms with Crippen LogP contribution in [0.5, 0.6) is 0 Å². The van der Waals surface area contributed by atoms with E-state index in [1.807, 2.05) is 0 Å². The Kier molecular flexibility index (Phi) is 5.64. The maximum Gasteiger partial charge on any atom is 0.313 e. The summed E-state index contributed by atoms with van der Waals surface area (Å²) in [7, 11) is 2.42. The van der Waals surface area contributed by atoms with Crippen molar-refractivity contribution in [2.24, 2.45) is 5.92 Å². The Morgan fingerprint density at radius 1 is 1.12 bits per heavy atom. The average molecular weight is 246 g/mol. The summed E-state index contributed by atoms with van der Waals surface area (Å²) in [6.45, 7) is 4.31. The van der Waals surface area contributed by atoms with E-state index in [2.05, 4.69) is 9.47 Å². The van der Waals surface area contributed by atoms with Crippen molar-refractivity contribution in [3.8, 4) is 0 Å². The van der Waals surface area contributed by atoms with E-state index in [0.717, 1.165) is 0 Å². The molecule has 0 aliphatic heterocycles. The molecule has 0 N–H and O–H groups in total. The lowest BCUT2D eigenvalue weighted by molar-refractivity contribution is -0.173. The number of hydrogen-bond acceptors (Lipinski definition) is 6. The summed E-state index contributed by atoms with van der Waals surface area (Å²) < 4.78 is 14.1.